The molecule has 3 rings (SSSR count). The van der Waals surface area contributed by atoms with Gasteiger partial charge in [-0.15, -0.1) is 5.10 Å². The van der Waals surface area contributed by atoms with Gasteiger partial charge < -0.3 is 10.4 Å². The zero-order valence-corrected chi connectivity index (χ0v) is 12.5. The van der Waals surface area contributed by atoms with E-state index in [0.717, 1.165) is 0 Å². The summed E-state index contributed by atoms with van der Waals surface area (Å²) in [6.45, 7) is 2.32. The Hall–Kier alpha value is -1.77. The van der Waals surface area contributed by atoms with Gasteiger partial charge in [-0.25, -0.2) is 9.89 Å². The van der Waals surface area contributed by atoms with Gasteiger partial charge in [0.05, 0.1) is 5.02 Å². The van der Waals surface area contributed by atoms with Crippen LogP contribution in [0.5, 0.6) is 0 Å². The average molecular weight is 327 g/mol. The van der Waals surface area contributed by atoms with Crippen LogP contribution >= 0.6 is 23.4 Å². The van der Waals surface area contributed by atoms with Gasteiger partial charge in [-0.05, 0) is 30.8 Å². The van der Waals surface area contributed by atoms with Crippen molar-refractivity contribution in [2.24, 2.45) is 0 Å². The molecule has 9 heteroatoms. The van der Waals surface area contributed by atoms with Crippen LogP contribution in [-0.2, 0) is 11.3 Å². The summed E-state index contributed by atoms with van der Waals surface area (Å²) in [5.74, 6) is -0.478. The SMILES string of the molecule is CCn1c(Sc2cc3c(cc2Cl)C(O)C(=O)N3)n[nH]c1=O. The third kappa shape index (κ3) is 2.35. The molecule has 0 aliphatic carbocycles. The molecule has 0 spiro atoms. The number of H-pyrrole nitrogens is 1. The summed E-state index contributed by atoms with van der Waals surface area (Å²) in [5, 5.41) is 19.5. The second kappa shape index (κ2) is 5.21. The van der Waals surface area contributed by atoms with E-state index < -0.39 is 12.0 Å². The Bertz CT molecular complexity index is 785. The summed E-state index contributed by atoms with van der Waals surface area (Å²) in [6.07, 6.45) is -1.20. The van der Waals surface area contributed by atoms with Crippen LogP contribution in [0.25, 0.3) is 0 Å². The van der Waals surface area contributed by atoms with E-state index in [4.69, 9.17) is 11.6 Å². The highest BCUT2D eigenvalue weighted by molar-refractivity contribution is 7.99. The summed E-state index contributed by atoms with van der Waals surface area (Å²) < 4.78 is 1.47. The lowest BCUT2D eigenvalue weighted by Gasteiger charge is -2.07. The van der Waals surface area contributed by atoms with E-state index in [9.17, 15) is 14.7 Å². The van der Waals surface area contributed by atoms with Gasteiger partial charge in [0, 0.05) is 22.7 Å². The molecule has 1 aromatic heterocycles. The van der Waals surface area contributed by atoms with Crippen molar-refractivity contribution < 1.29 is 9.90 Å². The number of aromatic amines is 1. The Morgan fingerprint density at radius 3 is 2.95 bits per heavy atom. The van der Waals surface area contributed by atoms with Crippen molar-refractivity contribution in [2.75, 3.05) is 5.32 Å². The number of hydrogen-bond acceptors (Lipinski definition) is 5. The van der Waals surface area contributed by atoms with Crippen LogP contribution in [0.1, 0.15) is 18.6 Å². The second-order valence-electron chi connectivity index (χ2n) is 4.42. The Balaban J connectivity index is 1.99. The molecule has 1 atom stereocenters. The van der Waals surface area contributed by atoms with Gasteiger partial charge >= 0.3 is 5.69 Å². The van der Waals surface area contributed by atoms with E-state index in [2.05, 4.69) is 15.5 Å². The highest BCUT2D eigenvalue weighted by atomic mass is 35.5. The minimum absolute atomic E-state index is 0.291. The Labute approximate surface area is 128 Å². The van der Waals surface area contributed by atoms with E-state index >= 15 is 0 Å². The fourth-order valence-electron chi connectivity index (χ4n) is 2.08. The number of aliphatic hydroxyl groups is 1. The predicted octanol–water partition coefficient (Wildman–Crippen LogP) is 1.38. The number of carbonyl (C=O) groups excluding carboxylic acids is 1. The molecule has 3 N–H and O–H groups in total. The fourth-order valence-corrected chi connectivity index (χ4v) is 3.31. The van der Waals surface area contributed by atoms with E-state index in [1.807, 2.05) is 6.92 Å². The van der Waals surface area contributed by atoms with Crippen molar-refractivity contribution in [3.63, 3.8) is 0 Å². The number of aliphatic hydroxyl groups excluding tert-OH is 1. The lowest BCUT2D eigenvalue weighted by atomic mass is 10.1. The zero-order valence-electron chi connectivity index (χ0n) is 10.9. The highest BCUT2D eigenvalue weighted by Crippen LogP contribution is 2.40. The quantitative estimate of drug-likeness (QED) is 0.791. The van der Waals surface area contributed by atoms with Gasteiger partial charge in [-0.3, -0.25) is 9.36 Å². The first kappa shape index (κ1) is 14.2. The number of fused-ring (bicyclic) bond motifs is 1. The van der Waals surface area contributed by atoms with Gasteiger partial charge in [0.25, 0.3) is 5.91 Å². The zero-order chi connectivity index (χ0) is 15.1. The number of carbonyl (C=O) groups is 1. The van der Waals surface area contributed by atoms with Crippen molar-refractivity contribution in [1.29, 1.82) is 0 Å². The number of nitrogens with one attached hydrogen (secondary N) is 2. The second-order valence-corrected chi connectivity index (χ2v) is 5.84. The summed E-state index contributed by atoms with van der Waals surface area (Å²) >= 11 is 7.39. The number of benzene rings is 1. The fraction of sp³-hybridized carbons (Fsp3) is 0.250. The molecule has 7 nitrogen and oxygen atoms in total. The number of rotatable bonds is 3. The largest absolute Gasteiger partial charge is 0.378 e. The van der Waals surface area contributed by atoms with Crippen molar-refractivity contribution in [3.05, 3.63) is 33.2 Å². The topological polar surface area (TPSA) is 100 Å². The molecular formula is C12H11ClN4O3S. The predicted molar refractivity (Wildman–Crippen MR) is 77.7 cm³/mol. The summed E-state index contributed by atoms with van der Waals surface area (Å²) in [7, 11) is 0. The minimum Gasteiger partial charge on any atom is -0.378 e. The summed E-state index contributed by atoms with van der Waals surface area (Å²) in [6, 6.07) is 3.21. The molecule has 1 unspecified atom stereocenters. The molecule has 110 valence electrons. The summed E-state index contributed by atoms with van der Waals surface area (Å²) in [5.41, 5.74) is 0.672. The van der Waals surface area contributed by atoms with Crippen LogP contribution in [0.3, 0.4) is 0 Å². The average Bonchev–Trinajstić information content (AvgIpc) is 2.93. The molecule has 2 aromatic rings. The Morgan fingerprint density at radius 1 is 1.48 bits per heavy atom. The van der Waals surface area contributed by atoms with E-state index in [1.54, 1.807) is 12.1 Å². The number of amides is 1. The van der Waals surface area contributed by atoms with Gasteiger partial charge in [-0.1, -0.05) is 11.6 Å². The van der Waals surface area contributed by atoms with Gasteiger partial charge in [0.2, 0.25) is 0 Å². The van der Waals surface area contributed by atoms with Crippen molar-refractivity contribution >= 4 is 35.0 Å². The van der Waals surface area contributed by atoms with Crippen LogP contribution in [0.15, 0.2) is 27.0 Å². The molecular weight excluding hydrogens is 316 g/mol. The van der Waals surface area contributed by atoms with Crippen molar-refractivity contribution in [3.8, 4) is 0 Å². The van der Waals surface area contributed by atoms with Crippen molar-refractivity contribution in [1.82, 2.24) is 14.8 Å². The lowest BCUT2D eigenvalue weighted by molar-refractivity contribution is -0.123. The third-order valence-electron chi connectivity index (χ3n) is 3.15. The maximum Gasteiger partial charge on any atom is 0.343 e. The molecule has 1 amide bonds. The molecule has 0 saturated heterocycles. The van der Waals surface area contributed by atoms with Crippen LogP contribution in [0.4, 0.5) is 5.69 Å². The minimum atomic E-state index is -1.20. The molecule has 0 radical (unpaired) electrons. The number of hydrogen-bond donors (Lipinski definition) is 3. The lowest BCUT2D eigenvalue weighted by Crippen LogP contribution is -2.16. The maximum atomic E-state index is 11.5. The first-order chi connectivity index (χ1) is 10.0. The molecule has 1 aromatic carbocycles. The molecule has 0 bridgehead atoms. The maximum absolute atomic E-state index is 11.5. The molecule has 0 fully saturated rings. The highest BCUT2D eigenvalue weighted by Gasteiger charge is 2.29. The molecule has 21 heavy (non-hydrogen) atoms. The third-order valence-corrected chi connectivity index (χ3v) is 4.62. The molecule has 1 aliphatic rings. The van der Waals surface area contributed by atoms with Gasteiger partial charge in [0.1, 0.15) is 0 Å². The number of aromatic nitrogens is 3. The Kier molecular flexibility index (Phi) is 3.52. The van der Waals surface area contributed by atoms with Crippen LogP contribution in [0.2, 0.25) is 5.02 Å². The molecule has 1 aliphatic heterocycles. The molecule has 2 heterocycles. The number of anilines is 1. The number of halogens is 1. The normalized spacial score (nSPS) is 16.9. The monoisotopic (exact) mass is 326 g/mol. The number of nitrogens with zero attached hydrogens (tertiary/aromatic N) is 2. The van der Waals surface area contributed by atoms with Crippen LogP contribution in [0, 0.1) is 0 Å². The smallest absolute Gasteiger partial charge is 0.343 e. The first-order valence-electron chi connectivity index (χ1n) is 6.16. The molecule has 0 saturated carbocycles. The van der Waals surface area contributed by atoms with Gasteiger partial charge in [-0.2, -0.15) is 0 Å². The van der Waals surface area contributed by atoms with E-state index in [0.29, 0.717) is 32.9 Å². The van der Waals surface area contributed by atoms with Crippen LogP contribution < -0.4 is 11.0 Å². The van der Waals surface area contributed by atoms with Crippen molar-refractivity contribution in [2.45, 2.75) is 29.6 Å². The Morgan fingerprint density at radius 2 is 2.24 bits per heavy atom. The standard InChI is InChI=1S/C12H11ClN4O3S/c1-2-17-11(20)15-16-12(17)21-8-4-7-5(3-6(8)13)9(18)10(19)14-7/h3-4,9,18H,2H2,1H3,(H,14,19)(H,15,20). The van der Waals surface area contributed by atoms with Crippen LogP contribution in [-0.4, -0.2) is 25.8 Å². The summed E-state index contributed by atoms with van der Waals surface area (Å²) in [4.78, 5) is 23.6. The van der Waals surface area contributed by atoms with Gasteiger partial charge in [0.15, 0.2) is 11.3 Å². The first-order valence-corrected chi connectivity index (χ1v) is 7.36. The van der Waals surface area contributed by atoms with E-state index in [1.165, 1.54) is 16.3 Å². The van der Waals surface area contributed by atoms with E-state index in [-0.39, 0.29) is 5.69 Å².